The van der Waals surface area contributed by atoms with E-state index >= 15 is 0 Å². The fourth-order valence-corrected chi connectivity index (χ4v) is 3.66. The van der Waals surface area contributed by atoms with Crippen molar-refractivity contribution in [3.05, 3.63) is 65.2 Å². The molecule has 33 heavy (non-hydrogen) atoms. The van der Waals surface area contributed by atoms with E-state index in [9.17, 15) is 19.5 Å². The first-order valence-electron chi connectivity index (χ1n) is 10.6. The highest BCUT2D eigenvalue weighted by atomic mass is 16.5. The second-order valence-electron chi connectivity index (χ2n) is 7.82. The van der Waals surface area contributed by atoms with Gasteiger partial charge in [0.1, 0.15) is 18.4 Å². The zero-order valence-corrected chi connectivity index (χ0v) is 17.9. The van der Waals surface area contributed by atoms with Crippen molar-refractivity contribution in [2.24, 2.45) is 0 Å². The van der Waals surface area contributed by atoms with Gasteiger partial charge in [0, 0.05) is 25.1 Å². The lowest BCUT2D eigenvalue weighted by Gasteiger charge is -2.34. The van der Waals surface area contributed by atoms with Crippen LogP contribution in [-0.4, -0.2) is 64.7 Å². The van der Waals surface area contributed by atoms with Crippen LogP contribution in [0.25, 0.3) is 0 Å². The zero-order chi connectivity index (χ0) is 23.8. The van der Waals surface area contributed by atoms with Gasteiger partial charge in [-0.2, -0.15) is 5.26 Å². The molecule has 172 valence electrons. The molecule has 1 saturated heterocycles. The Labute approximate surface area is 191 Å². The summed E-state index contributed by atoms with van der Waals surface area (Å²) in [6.07, 6.45) is 1.02. The van der Waals surface area contributed by atoms with Crippen LogP contribution in [0.4, 0.5) is 0 Å². The lowest BCUT2D eigenvalue weighted by molar-refractivity contribution is -0.147. The van der Waals surface area contributed by atoms with Crippen molar-refractivity contribution in [3.8, 4) is 11.8 Å². The number of aromatic hydroxyl groups is 1. The van der Waals surface area contributed by atoms with Crippen LogP contribution in [0.15, 0.2) is 48.5 Å². The number of nitriles is 1. The molecule has 0 aromatic heterocycles. The molecule has 1 atom stereocenters. The third kappa shape index (κ3) is 6.79. The molecule has 2 aromatic rings. The molecule has 9 heteroatoms. The van der Waals surface area contributed by atoms with E-state index in [1.807, 2.05) is 6.07 Å². The molecule has 1 heterocycles. The number of carbonyl (C=O) groups is 3. The number of carboxylic acid groups (broad SMARTS) is 1. The van der Waals surface area contributed by atoms with E-state index in [1.54, 1.807) is 17.0 Å². The molecule has 1 fully saturated rings. The second kappa shape index (κ2) is 11.1. The van der Waals surface area contributed by atoms with Crippen LogP contribution < -0.4 is 5.32 Å². The summed E-state index contributed by atoms with van der Waals surface area (Å²) in [6, 6.07) is 13.7. The Morgan fingerprint density at radius 3 is 2.30 bits per heavy atom. The van der Waals surface area contributed by atoms with Gasteiger partial charge in [-0.25, -0.2) is 4.79 Å². The van der Waals surface area contributed by atoms with Gasteiger partial charge in [0.2, 0.25) is 5.91 Å². The van der Waals surface area contributed by atoms with Crippen LogP contribution in [0, 0.1) is 11.3 Å². The number of piperidine rings is 1. The number of carboxylic acids is 1. The SMILES string of the molecule is N#Cc1ccc(C(=O)NC(Cc2ccc(O)cc2)C(=O)N2CCC(OCC(=O)O)CC2)cc1. The number of rotatable bonds is 8. The number of nitrogens with zero attached hydrogens (tertiary/aromatic N) is 2. The van der Waals surface area contributed by atoms with Gasteiger partial charge >= 0.3 is 5.97 Å². The first kappa shape index (κ1) is 23.8. The predicted molar refractivity (Wildman–Crippen MR) is 117 cm³/mol. The van der Waals surface area contributed by atoms with Crippen molar-refractivity contribution in [2.45, 2.75) is 31.4 Å². The van der Waals surface area contributed by atoms with Gasteiger partial charge < -0.3 is 25.2 Å². The number of hydrogen-bond donors (Lipinski definition) is 3. The second-order valence-corrected chi connectivity index (χ2v) is 7.82. The van der Waals surface area contributed by atoms with Gasteiger partial charge in [-0.15, -0.1) is 0 Å². The molecule has 0 bridgehead atoms. The lowest BCUT2D eigenvalue weighted by Crippen LogP contribution is -2.52. The number of ether oxygens (including phenoxy) is 1. The van der Waals surface area contributed by atoms with Crippen LogP contribution in [-0.2, 0) is 20.7 Å². The van der Waals surface area contributed by atoms with Crippen molar-refractivity contribution in [3.63, 3.8) is 0 Å². The maximum absolute atomic E-state index is 13.3. The van der Waals surface area contributed by atoms with Crippen LogP contribution in [0.1, 0.15) is 34.3 Å². The maximum atomic E-state index is 13.3. The van der Waals surface area contributed by atoms with E-state index in [1.165, 1.54) is 36.4 Å². The van der Waals surface area contributed by atoms with Gasteiger partial charge in [-0.05, 0) is 54.8 Å². The lowest BCUT2D eigenvalue weighted by atomic mass is 10.0. The number of carbonyl (C=O) groups excluding carboxylic acids is 2. The highest BCUT2D eigenvalue weighted by molar-refractivity contribution is 5.97. The van der Waals surface area contributed by atoms with E-state index in [0.29, 0.717) is 37.1 Å². The van der Waals surface area contributed by atoms with Gasteiger partial charge in [-0.3, -0.25) is 9.59 Å². The van der Waals surface area contributed by atoms with E-state index in [2.05, 4.69) is 5.32 Å². The number of likely N-dealkylation sites (tertiary alicyclic amines) is 1. The largest absolute Gasteiger partial charge is 0.508 e. The number of nitrogens with one attached hydrogen (secondary N) is 1. The molecular weight excluding hydrogens is 426 g/mol. The molecular formula is C24H25N3O6. The Bertz CT molecular complexity index is 1020. The average molecular weight is 451 g/mol. The smallest absolute Gasteiger partial charge is 0.329 e. The molecule has 0 spiro atoms. The Morgan fingerprint density at radius 2 is 1.73 bits per heavy atom. The topological polar surface area (TPSA) is 140 Å². The number of benzene rings is 2. The van der Waals surface area contributed by atoms with Crippen molar-refractivity contribution in [1.29, 1.82) is 5.26 Å². The van der Waals surface area contributed by atoms with E-state index in [0.717, 1.165) is 5.56 Å². The third-order valence-corrected chi connectivity index (χ3v) is 5.45. The van der Waals surface area contributed by atoms with E-state index in [4.69, 9.17) is 15.1 Å². The van der Waals surface area contributed by atoms with Crippen LogP contribution in [0.3, 0.4) is 0 Å². The molecule has 1 aliphatic heterocycles. The molecule has 2 amide bonds. The van der Waals surface area contributed by atoms with Crippen molar-refractivity contribution >= 4 is 17.8 Å². The molecule has 2 aromatic carbocycles. The highest BCUT2D eigenvalue weighted by Gasteiger charge is 2.30. The van der Waals surface area contributed by atoms with Gasteiger partial charge in [0.25, 0.3) is 5.91 Å². The summed E-state index contributed by atoms with van der Waals surface area (Å²) >= 11 is 0. The fraction of sp³-hybridized carbons (Fsp3) is 0.333. The van der Waals surface area contributed by atoms with Gasteiger partial charge in [-0.1, -0.05) is 12.1 Å². The molecule has 0 aliphatic carbocycles. The summed E-state index contributed by atoms with van der Waals surface area (Å²) in [6.45, 7) is 0.409. The summed E-state index contributed by atoms with van der Waals surface area (Å²) in [4.78, 5) is 38.4. The van der Waals surface area contributed by atoms with Crippen LogP contribution >= 0.6 is 0 Å². The Hall–Kier alpha value is -3.90. The Morgan fingerprint density at radius 1 is 1.09 bits per heavy atom. The van der Waals surface area contributed by atoms with E-state index < -0.39 is 17.9 Å². The Kier molecular flexibility index (Phi) is 8.00. The minimum atomic E-state index is -1.03. The number of hydrogen-bond acceptors (Lipinski definition) is 6. The van der Waals surface area contributed by atoms with Gasteiger partial charge in [0.15, 0.2) is 0 Å². The van der Waals surface area contributed by atoms with Crippen LogP contribution in [0.5, 0.6) is 5.75 Å². The third-order valence-electron chi connectivity index (χ3n) is 5.45. The average Bonchev–Trinajstić information content (AvgIpc) is 2.83. The molecule has 1 unspecified atom stereocenters. The minimum Gasteiger partial charge on any atom is -0.508 e. The van der Waals surface area contributed by atoms with Gasteiger partial charge in [0.05, 0.1) is 17.7 Å². The van der Waals surface area contributed by atoms with Crippen molar-refractivity contribution in [2.75, 3.05) is 19.7 Å². The Balaban J connectivity index is 1.70. The zero-order valence-electron chi connectivity index (χ0n) is 17.9. The van der Waals surface area contributed by atoms with Crippen LogP contribution in [0.2, 0.25) is 0 Å². The van der Waals surface area contributed by atoms with E-state index in [-0.39, 0.29) is 30.8 Å². The molecule has 3 rings (SSSR count). The number of phenols is 1. The summed E-state index contributed by atoms with van der Waals surface area (Å²) < 4.78 is 5.33. The molecule has 9 nitrogen and oxygen atoms in total. The first-order valence-corrected chi connectivity index (χ1v) is 10.6. The minimum absolute atomic E-state index is 0.103. The number of amides is 2. The molecule has 3 N–H and O–H groups in total. The highest BCUT2D eigenvalue weighted by Crippen LogP contribution is 2.17. The standard InChI is InChI=1S/C24H25N3O6/c25-14-17-1-5-18(6-2-17)23(31)26-21(13-16-3-7-19(28)8-4-16)24(32)27-11-9-20(10-12-27)33-15-22(29)30/h1-8,20-21,28H,9-13,15H2,(H,26,31)(H,29,30). The molecule has 0 saturated carbocycles. The normalized spacial score (nSPS) is 14.8. The number of phenolic OH excluding ortho intramolecular Hbond substituents is 1. The summed E-state index contributed by atoms with van der Waals surface area (Å²) in [5.74, 6) is -1.61. The number of aliphatic carboxylic acids is 1. The predicted octanol–water partition coefficient (Wildman–Crippen LogP) is 1.70. The maximum Gasteiger partial charge on any atom is 0.329 e. The van der Waals surface area contributed by atoms with Crippen molar-refractivity contribution in [1.82, 2.24) is 10.2 Å². The summed E-state index contributed by atoms with van der Waals surface area (Å²) in [5.41, 5.74) is 1.53. The first-order chi connectivity index (χ1) is 15.9. The fourth-order valence-electron chi connectivity index (χ4n) is 3.66. The summed E-state index contributed by atoms with van der Waals surface area (Å²) in [7, 11) is 0. The molecule has 0 radical (unpaired) electrons. The quantitative estimate of drug-likeness (QED) is 0.555. The monoisotopic (exact) mass is 451 g/mol. The van der Waals surface area contributed by atoms with Crippen molar-refractivity contribution < 1.29 is 29.3 Å². The molecule has 1 aliphatic rings. The summed E-state index contributed by atoms with van der Waals surface area (Å²) in [5, 5.41) is 30.0.